The van der Waals surface area contributed by atoms with Crippen molar-refractivity contribution in [3.05, 3.63) is 23.3 Å². The molecule has 1 aliphatic heterocycles. The molecule has 0 amide bonds. The molecule has 1 heterocycles. The van der Waals surface area contributed by atoms with Crippen molar-refractivity contribution in [2.24, 2.45) is 5.73 Å². The van der Waals surface area contributed by atoms with E-state index in [4.69, 9.17) is 15.0 Å². The molecule has 1 saturated heterocycles. The van der Waals surface area contributed by atoms with E-state index < -0.39 is 0 Å². The Kier molecular flexibility index (Phi) is 3.78. The number of hydrogen-bond donors (Lipinski definition) is 2. The summed E-state index contributed by atoms with van der Waals surface area (Å²) < 4.78 is 12.1. The highest BCUT2D eigenvalue weighted by atomic mass is 32.1. The molecule has 1 aromatic rings. The summed E-state index contributed by atoms with van der Waals surface area (Å²) in [5.74, 6) is 0. The molecule has 19 heavy (non-hydrogen) atoms. The highest BCUT2D eigenvalue weighted by molar-refractivity contribution is 7.80. The first kappa shape index (κ1) is 14.9. The molecule has 2 N–H and O–H groups in total. The smallest absolute Gasteiger partial charge is 0.399 e. The van der Waals surface area contributed by atoms with Crippen molar-refractivity contribution in [3.8, 4) is 0 Å². The molecule has 2 rings (SSSR count). The van der Waals surface area contributed by atoms with Gasteiger partial charge in [0.25, 0.3) is 0 Å². The van der Waals surface area contributed by atoms with Crippen molar-refractivity contribution in [2.45, 2.75) is 57.3 Å². The zero-order valence-corrected chi connectivity index (χ0v) is 13.2. The van der Waals surface area contributed by atoms with Crippen LogP contribution >= 0.6 is 12.6 Å². The van der Waals surface area contributed by atoms with Gasteiger partial charge in [0, 0.05) is 11.4 Å². The van der Waals surface area contributed by atoms with Gasteiger partial charge in [-0.2, -0.15) is 0 Å². The maximum atomic E-state index is 6.05. The Bertz CT molecular complexity index is 486. The second kappa shape index (κ2) is 4.81. The quantitative estimate of drug-likeness (QED) is 0.643. The van der Waals surface area contributed by atoms with E-state index in [9.17, 15) is 0 Å². The molecule has 0 radical (unpaired) electrons. The molecule has 104 valence electrons. The SMILES string of the molecule is Cc1c(S)cc(B2OC(C)(C)C(C)(C)O2)cc1CN. The highest BCUT2D eigenvalue weighted by Crippen LogP contribution is 2.36. The number of thiol groups is 1. The van der Waals surface area contributed by atoms with Gasteiger partial charge in [0.15, 0.2) is 0 Å². The van der Waals surface area contributed by atoms with Crippen LogP contribution in [0.3, 0.4) is 0 Å². The van der Waals surface area contributed by atoms with Crippen LogP contribution in [0.4, 0.5) is 0 Å². The van der Waals surface area contributed by atoms with Crippen molar-refractivity contribution in [2.75, 3.05) is 0 Å². The summed E-state index contributed by atoms with van der Waals surface area (Å²) in [6, 6.07) is 4.05. The van der Waals surface area contributed by atoms with E-state index in [1.165, 1.54) is 0 Å². The second-order valence-electron chi connectivity index (χ2n) is 6.12. The average molecular weight is 279 g/mol. The molecule has 0 bridgehead atoms. The molecule has 0 atom stereocenters. The Balaban J connectivity index is 2.37. The fourth-order valence-corrected chi connectivity index (χ4v) is 2.40. The maximum Gasteiger partial charge on any atom is 0.494 e. The van der Waals surface area contributed by atoms with Crippen LogP contribution in [0, 0.1) is 6.92 Å². The lowest BCUT2D eigenvalue weighted by Gasteiger charge is -2.32. The van der Waals surface area contributed by atoms with Crippen LogP contribution in [0.1, 0.15) is 38.8 Å². The Morgan fingerprint density at radius 2 is 1.68 bits per heavy atom. The predicted molar refractivity (Wildman–Crippen MR) is 82.0 cm³/mol. The highest BCUT2D eigenvalue weighted by Gasteiger charge is 2.51. The fraction of sp³-hybridized carbons (Fsp3) is 0.571. The van der Waals surface area contributed by atoms with Crippen LogP contribution in [-0.4, -0.2) is 18.3 Å². The van der Waals surface area contributed by atoms with Crippen LogP contribution in [0.15, 0.2) is 17.0 Å². The Labute approximate surface area is 121 Å². The van der Waals surface area contributed by atoms with Gasteiger partial charge in [-0.1, -0.05) is 6.07 Å². The zero-order valence-electron chi connectivity index (χ0n) is 12.3. The van der Waals surface area contributed by atoms with E-state index in [1.54, 1.807) is 0 Å². The van der Waals surface area contributed by atoms with Gasteiger partial charge in [0.1, 0.15) is 0 Å². The summed E-state index contributed by atoms with van der Waals surface area (Å²) in [6.45, 7) is 10.7. The van der Waals surface area contributed by atoms with Gasteiger partial charge in [0.05, 0.1) is 11.2 Å². The Hall–Kier alpha value is -0.485. The largest absolute Gasteiger partial charge is 0.494 e. The molecule has 0 aliphatic carbocycles. The van der Waals surface area contributed by atoms with Crippen LogP contribution in [0.2, 0.25) is 0 Å². The molecule has 1 aromatic carbocycles. The summed E-state index contributed by atoms with van der Waals surface area (Å²) in [6.07, 6.45) is 0. The molecular weight excluding hydrogens is 257 g/mol. The zero-order chi connectivity index (χ0) is 14.4. The summed E-state index contributed by atoms with van der Waals surface area (Å²) in [4.78, 5) is 0.924. The third-order valence-electron chi connectivity index (χ3n) is 4.26. The number of rotatable bonds is 2. The van der Waals surface area contributed by atoms with E-state index in [2.05, 4.69) is 18.7 Å². The van der Waals surface area contributed by atoms with Gasteiger partial charge in [-0.3, -0.25) is 0 Å². The standard InChI is InChI=1S/C14H22BNO2S/c1-9-10(8-16)6-11(7-12(9)19)15-17-13(2,3)14(4,5)18-15/h6-7,19H,8,16H2,1-5H3. The Morgan fingerprint density at radius 3 is 2.16 bits per heavy atom. The lowest BCUT2D eigenvalue weighted by molar-refractivity contribution is 0.00578. The van der Waals surface area contributed by atoms with Crippen molar-refractivity contribution >= 4 is 25.2 Å². The Morgan fingerprint density at radius 1 is 1.16 bits per heavy atom. The van der Waals surface area contributed by atoms with Crippen molar-refractivity contribution < 1.29 is 9.31 Å². The van der Waals surface area contributed by atoms with E-state index in [0.29, 0.717) is 6.54 Å². The van der Waals surface area contributed by atoms with Crippen LogP contribution in [0.5, 0.6) is 0 Å². The first-order chi connectivity index (χ1) is 8.68. The topological polar surface area (TPSA) is 44.5 Å². The lowest BCUT2D eigenvalue weighted by atomic mass is 9.77. The number of nitrogens with two attached hydrogens (primary N) is 1. The molecule has 0 unspecified atom stereocenters. The lowest BCUT2D eigenvalue weighted by Crippen LogP contribution is -2.41. The van der Waals surface area contributed by atoms with Gasteiger partial charge in [-0.05, 0) is 57.3 Å². The predicted octanol–water partition coefficient (Wildman–Crippen LogP) is 2.04. The molecule has 0 spiro atoms. The maximum absolute atomic E-state index is 6.05. The molecule has 0 aromatic heterocycles. The van der Waals surface area contributed by atoms with Crippen molar-refractivity contribution in [1.82, 2.24) is 0 Å². The van der Waals surface area contributed by atoms with Gasteiger partial charge >= 0.3 is 7.12 Å². The summed E-state index contributed by atoms with van der Waals surface area (Å²) in [5, 5.41) is 0. The molecule has 1 aliphatic rings. The monoisotopic (exact) mass is 279 g/mol. The third kappa shape index (κ3) is 2.57. The molecule has 3 nitrogen and oxygen atoms in total. The molecule has 1 fully saturated rings. The summed E-state index contributed by atoms with van der Waals surface area (Å²) in [5.41, 5.74) is 8.29. The first-order valence-electron chi connectivity index (χ1n) is 6.56. The average Bonchev–Trinajstić information content (AvgIpc) is 2.52. The first-order valence-corrected chi connectivity index (χ1v) is 7.01. The van der Waals surface area contributed by atoms with E-state index in [1.807, 2.05) is 40.7 Å². The minimum absolute atomic E-state index is 0.331. The van der Waals surface area contributed by atoms with Crippen LogP contribution in [0.25, 0.3) is 0 Å². The molecular formula is C14H22BNO2S. The van der Waals surface area contributed by atoms with Gasteiger partial charge in [0.2, 0.25) is 0 Å². The molecule has 0 saturated carbocycles. The van der Waals surface area contributed by atoms with Crippen molar-refractivity contribution in [3.63, 3.8) is 0 Å². The summed E-state index contributed by atoms with van der Waals surface area (Å²) in [7, 11) is -0.359. The minimum atomic E-state index is -0.359. The van der Waals surface area contributed by atoms with Crippen LogP contribution in [-0.2, 0) is 15.9 Å². The minimum Gasteiger partial charge on any atom is -0.399 e. The van der Waals surface area contributed by atoms with E-state index in [0.717, 1.165) is 21.5 Å². The van der Waals surface area contributed by atoms with Gasteiger partial charge < -0.3 is 15.0 Å². The van der Waals surface area contributed by atoms with E-state index >= 15 is 0 Å². The fourth-order valence-electron chi connectivity index (χ4n) is 2.11. The van der Waals surface area contributed by atoms with Crippen LogP contribution < -0.4 is 11.2 Å². The third-order valence-corrected chi connectivity index (χ3v) is 4.72. The summed E-state index contributed by atoms with van der Waals surface area (Å²) >= 11 is 4.50. The second-order valence-corrected chi connectivity index (χ2v) is 6.60. The van der Waals surface area contributed by atoms with Crippen molar-refractivity contribution in [1.29, 1.82) is 0 Å². The number of benzene rings is 1. The number of hydrogen-bond acceptors (Lipinski definition) is 4. The molecule has 5 heteroatoms. The van der Waals surface area contributed by atoms with Gasteiger partial charge in [-0.15, -0.1) is 12.6 Å². The van der Waals surface area contributed by atoms with Gasteiger partial charge in [-0.25, -0.2) is 0 Å². The van der Waals surface area contributed by atoms with E-state index in [-0.39, 0.29) is 18.3 Å². The normalized spacial score (nSPS) is 20.9.